The van der Waals surface area contributed by atoms with Crippen molar-refractivity contribution < 1.29 is 4.79 Å². The lowest BCUT2D eigenvalue weighted by atomic mass is 10.1. The molecule has 1 N–H and O–H groups in total. The van der Waals surface area contributed by atoms with Crippen LogP contribution in [0.25, 0.3) is 0 Å². The fourth-order valence-corrected chi connectivity index (χ4v) is 2.80. The van der Waals surface area contributed by atoms with E-state index in [1.54, 1.807) is 17.1 Å². The van der Waals surface area contributed by atoms with Gasteiger partial charge in [0, 0.05) is 13.0 Å². The Bertz CT molecular complexity index is 559. The number of hydrogen-bond acceptors (Lipinski definition) is 4. The lowest BCUT2D eigenvalue weighted by molar-refractivity contribution is -0.108. The van der Waals surface area contributed by atoms with E-state index in [9.17, 15) is 4.79 Å². The maximum absolute atomic E-state index is 10.3. The van der Waals surface area contributed by atoms with E-state index in [1.165, 1.54) is 32.4 Å². The number of halogens is 2. The summed E-state index contributed by atoms with van der Waals surface area (Å²) in [4.78, 5) is 12.6. The van der Waals surface area contributed by atoms with Crippen molar-refractivity contribution in [2.75, 3.05) is 31.7 Å². The third-order valence-corrected chi connectivity index (χ3v) is 4.55. The molecule has 2 aliphatic heterocycles. The molecule has 1 amide bonds. The first-order valence-corrected chi connectivity index (χ1v) is 8.54. The molecule has 1 fully saturated rings. The van der Waals surface area contributed by atoms with Gasteiger partial charge in [0.25, 0.3) is 0 Å². The lowest BCUT2D eigenvalue weighted by Gasteiger charge is -2.20. The Labute approximate surface area is 147 Å². The fourth-order valence-electron chi connectivity index (χ4n) is 2.51. The number of anilines is 1. The molecule has 7 heteroatoms. The number of hydrazone groups is 1. The summed E-state index contributed by atoms with van der Waals surface area (Å²) >= 11 is 11.7. The third kappa shape index (κ3) is 5.68. The second-order valence-electron chi connectivity index (χ2n) is 5.64. The van der Waals surface area contributed by atoms with Crippen LogP contribution in [-0.4, -0.2) is 43.8 Å². The molecule has 1 aromatic rings. The number of amidine groups is 1. The number of nitrogens with zero attached hydrogens (tertiary/aromatic N) is 3. The molecule has 0 aromatic heterocycles. The van der Waals surface area contributed by atoms with Crippen molar-refractivity contribution in [1.82, 2.24) is 10.2 Å². The molecule has 23 heavy (non-hydrogen) atoms. The van der Waals surface area contributed by atoms with Gasteiger partial charge in [0.05, 0.1) is 15.7 Å². The van der Waals surface area contributed by atoms with Gasteiger partial charge in [-0.1, -0.05) is 29.6 Å². The summed E-state index contributed by atoms with van der Waals surface area (Å²) in [5.74, 6) is 0.654. The van der Waals surface area contributed by atoms with Gasteiger partial charge in [0.1, 0.15) is 5.84 Å². The van der Waals surface area contributed by atoms with Crippen LogP contribution in [-0.2, 0) is 4.79 Å². The normalized spacial score (nSPS) is 18.0. The molecule has 1 saturated heterocycles. The molecule has 5 nitrogen and oxygen atoms in total. The quantitative estimate of drug-likeness (QED) is 0.826. The zero-order chi connectivity index (χ0) is 16.7. The second kappa shape index (κ2) is 9.11. The van der Waals surface area contributed by atoms with Crippen molar-refractivity contribution in [3.8, 4) is 0 Å². The van der Waals surface area contributed by atoms with Crippen molar-refractivity contribution >= 4 is 41.1 Å². The van der Waals surface area contributed by atoms with Gasteiger partial charge in [0.15, 0.2) is 0 Å². The van der Waals surface area contributed by atoms with E-state index in [0.29, 0.717) is 35.3 Å². The number of carbonyl (C=O) groups is 1. The Morgan fingerprint density at radius 2 is 1.87 bits per heavy atom. The van der Waals surface area contributed by atoms with Crippen molar-refractivity contribution in [3.05, 3.63) is 28.2 Å². The van der Waals surface area contributed by atoms with E-state index < -0.39 is 0 Å². The van der Waals surface area contributed by atoms with Crippen LogP contribution in [0.5, 0.6) is 0 Å². The zero-order valence-electron chi connectivity index (χ0n) is 13.3. The molecule has 0 aliphatic carbocycles. The van der Waals surface area contributed by atoms with E-state index >= 15 is 0 Å². The maximum Gasteiger partial charge on any atom is 0.212 e. The predicted octanol–water partition coefficient (Wildman–Crippen LogP) is 3.37. The first kappa shape index (κ1) is 18.0. The van der Waals surface area contributed by atoms with E-state index in [2.05, 4.69) is 22.4 Å². The van der Waals surface area contributed by atoms with Crippen LogP contribution in [0.15, 0.2) is 23.3 Å². The van der Waals surface area contributed by atoms with E-state index in [4.69, 9.17) is 23.2 Å². The fraction of sp³-hybridized carbons (Fsp3) is 0.500. The Kier molecular flexibility index (Phi) is 7.15. The largest absolute Gasteiger partial charge is 0.315 e. The van der Waals surface area contributed by atoms with Crippen LogP contribution < -0.4 is 10.3 Å². The summed E-state index contributed by atoms with van der Waals surface area (Å²) in [6.07, 6.45) is 5.60. The van der Waals surface area contributed by atoms with Crippen LogP contribution in [0.4, 0.5) is 5.69 Å². The summed E-state index contributed by atoms with van der Waals surface area (Å²) in [5.41, 5.74) is 0.858. The van der Waals surface area contributed by atoms with E-state index in [1.807, 2.05) is 6.07 Å². The predicted molar refractivity (Wildman–Crippen MR) is 96.4 cm³/mol. The number of amides is 1. The summed E-state index contributed by atoms with van der Waals surface area (Å²) < 4.78 is 0. The molecule has 126 valence electrons. The van der Waals surface area contributed by atoms with Gasteiger partial charge in [-0.2, -0.15) is 5.10 Å². The van der Waals surface area contributed by atoms with Gasteiger partial charge in [-0.05, 0) is 51.2 Å². The highest BCUT2D eigenvalue weighted by atomic mass is 35.5. The number of hydrogen-bond donors (Lipinski definition) is 1. The number of likely N-dealkylation sites (tertiary alicyclic amines) is 1. The van der Waals surface area contributed by atoms with Crippen molar-refractivity contribution in [2.24, 2.45) is 5.10 Å². The number of piperidine rings is 1. The molecule has 2 heterocycles. The summed E-state index contributed by atoms with van der Waals surface area (Å²) in [7, 11) is 2.19. The molecule has 1 aromatic carbocycles. The van der Waals surface area contributed by atoms with Crippen molar-refractivity contribution in [1.29, 1.82) is 0 Å². The van der Waals surface area contributed by atoms with Gasteiger partial charge in [-0.15, -0.1) is 0 Å². The number of benzene rings is 1. The minimum Gasteiger partial charge on any atom is -0.315 e. The molecule has 0 saturated carbocycles. The molecular weight excluding hydrogens is 335 g/mol. The van der Waals surface area contributed by atoms with Gasteiger partial charge in [0.2, 0.25) is 6.41 Å². The Hall–Kier alpha value is -1.30. The molecule has 0 spiro atoms. The molecule has 0 bridgehead atoms. The number of nitrogens with one attached hydrogen (secondary N) is 1. The molecular formula is C16H22Cl2N4O. The highest BCUT2D eigenvalue weighted by Crippen LogP contribution is 2.28. The first-order valence-electron chi connectivity index (χ1n) is 7.79. The molecule has 2 aliphatic rings. The average molecular weight is 357 g/mol. The molecule has 0 atom stereocenters. The van der Waals surface area contributed by atoms with Crippen molar-refractivity contribution in [3.63, 3.8) is 0 Å². The van der Waals surface area contributed by atoms with Crippen LogP contribution in [0.1, 0.15) is 25.7 Å². The minimum atomic E-state index is 0.492. The van der Waals surface area contributed by atoms with Crippen molar-refractivity contribution in [2.45, 2.75) is 25.7 Å². The van der Waals surface area contributed by atoms with Crippen LogP contribution in [0, 0.1) is 0 Å². The van der Waals surface area contributed by atoms with Gasteiger partial charge in [-0.3, -0.25) is 9.80 Å². The molecule has 3 rings (SSSR count). The summed E-state index contributed by atoms with van der Waals surface area (Å²) in [6, 6.07) is 5.30. The van der Waals surface area contributed by atoms with Gasteiger partial charge < -0.3 is 10.2 Å². The van der Waals surface area contributed by atoms with Crippen LogP contribution in [0.3, 0.4) is 0 Å². The molecule has 0 unspecified atom stereocenters. The van der Waals surface area contributed by atoms with Gasteiger partial charge >= 0.3 is 0 Å². The monoisotopic (exact) mass is 356 g/mol. The number of rotatable bonds is 2. The Balaban J connectivity index is 0.000000229. The maximum atomic E-state index is 10.3. The highest BCUT2D eigenvalue weighted by molar-refractivity contribution is 6.42. The zero-order valence-corrected chi connectivity index (χ0v) is 14.8. The van der Waals surface area contributed by atoms with Crippen LogP contribution in [0.2, 0.25) is 10.0 Å². The number of carbonyl (C=O) groups excluding carboxylic acids is 1. The Morgan fingerprint density at radius 3 is 2.43 bits per heavy atom. The molecule has 0 radical (unpaired) electrons. The smallest absolute Gasteiger partial charge is 0.212 e. The minimum absolute atomic E-state index is 0.492. The highest BCUT2D eigenvalue weighted by Gasteiger charge is 2.16. The third-order valence-electron chi connectivity index (χ3n) is 3.81. The second-order valence-corrected chi connectivity index (χ2v) is 6.46. The van der Waals surface area contributed by atoms with E-state index in [-0.39, 0.29) is 0 Å². The van der Waals surface area contributed by atoms with E-state index in [0.717, 1.165) is 5.69 Å². The summed E-state index contributed by atoms with van der Waals surface area (Å²) in [5, 5.41) is 9.54. The van der Waals surface area contributed by atoms with Gasteiger partial charge in [-0.25, -0.2) is 0 Å². The Morgan fingerprint density at radius 1 is 1.13 bits per heavy atom. The average Bonchev–Trinajstić information content (AvgIpc) is 3.00. The summed E-state index contributed by atoms with van der Waals surface area (Å²) in [6.45, 7) is 3.36. The lowest BCUT2D eigenvalue weighted by Crippen LogP contribution is -2.24. The standard InChI is InChI=1S/C10H9Cl2N3O.C6H13N/c11-8-2-1-7(5-9(8)12)15-4-3-10(14-15)13-6-16;1-7-5-3-2-4-6-7/h1-2,5-6H,3-4H2,(H,13,14,16);2-6H2,1H3. The van der Waals surface area contributed by atoms with Crippen LogP contribution >= 0.6 is 23.2 Å². The topological polar surface area (TPSA) is 47.9 Å². The first-order chi connectivity index (χ1) is 11.1. The SMILES string of the molecule is CN1CCCCC1.O=CNC1=NN(c2ccc(Cl)c(Cl)c2)CC1.